The van der Waals surface area contributed by atoms with Crippen LogP contribution in [0.1, 0.15) is 28.8 Å². The van der Waals surface area contributed by atoms with Crippen molar-refractivity contribution in [2.75, 3.05) is 36.1 Å². The van der Waals surface area contributed by atoms with Gasteiger partial charge in [0.2, 0.25) is 0 Å². The van der Waals surface area contributed by atoms with Crippen LogP contribution in [0.15, 0.2) is 71.9 Å². The Hall–Kier alpha value is -4.57. The predicted octanol–water partition coefficient (Wildman–Crippen LogP) is 5.60. The number of piperidine rings is 1. The SMILES string of the molecule is C#CCSc1nc(Nc2ccc(OCC3CCNCC3)cc2)c2cc(NC(=O)c3ccc(C#N)cc3)ccc2n1. The molecule has 0 radical (unpaired) electrons. The van der Waals surface area contributed by atoms with Gasteiger partial charge in [-0.3, -0.25) is 4.79 Å². The number of ether oxygens (including phenoxy) is 1. The van der Waals surface area contributed by atoms with E-state index in [4.69, 9.17) is 21.4 Å². The number of carbonyl (C=O) groups excluding carboxylic acids is 1. The van der Waals surface area contributed by atoms with Crippen molar-refractivity contribution in [3.8, 4) is 24.2 Å². The van der Waals surface area contributed by atoms with Crippen LogP contribution in [0, 0.1) is 29.6 Å². The molecule has 1 aromatic heterocycles. The van der Waals surface area contributed by atoms with Crippen molar-refractivity contribution < 1.29 is 9.53 Å². The Morgan fingerprint density at radius 2 is 1.80 bits per heavy atom. The molecule has 0 aliphatic carbocycles. The van der Waals surface area contributed by atoms with Crippen molar-refractivity contribution in [1.82, 2.24) is 15.3 Å². The number of hydrogen-bond acceptors (Lipinski definition) is 8. The highest BCUT2D eigenvalue weighted by Crippen LogP contribution is 2.30. The molecule has 0 bridgehead atoms. The molecular weight excluding hydrogens is 520 g/mol. The van der Waals surface area contributed by atoms with Gasteiger partial charge in [-0.15, -0.1) is 6.42 Å². The summed E-state index contributed by atoms with van der Waals surface area (Å²) < 4.78 is 6.03. The molecule has 8 nitrogen and oxygen atoms in total. The number of nitriles is 1. The van der Waals surface area contributed by atoms with Crippen LogP contribution < -0.4 is 20.7 Å². The third kappa shape index (κ3) is 6.89. The summed E-state index contributed by atoms with van der Waals surface area (Å²) >= 11 is 1.38. The lowest BCUT2D eigenvalue weighted by Gasteiger charge is -2.22. The van der Waals surface area contributed by atoms with Crippen LogP contribution in [0.2, 0.25) is 0 Å². The molecule has 3 N–H and O–H groups in total. The predicted molar refractivity (Wildman–Crippen MR) is 159 cm³/mol. The van der Waals surface area contributed by atoms with Crippen LogP contribution in [0.25, 0.3) is 10.9 Å². The molecule has 3 aromatic carbocycles. The van der Waals surface area contributed by atoms with E-state index in [0.717, 1.165) is 54.9 Å². The van der Waals surface area contributed by atoms with Gasteiger partial charge in [0.15, 0.2) is 5.16 Å². The van der Waals surface area contributed by atoms with Gasteiger partial charge < -0.3 is 20.7 Å². The normalized spacial score (nSPS) is 13.2. The Bertz CT molecular complexity index is 1570. The van der Waals surface area contributed by atoms with Gasteiger partial charge in [-0.05, 0) is 98.6 Å². The van der Waals surface area contributed by atoms with Crippen LogP contribution in [-0.4, -0.2) is 41.3 Å². The minimum absolute atomic E-state index is 0.277. The second-order valence-corrected chi connectivity index (χ2v) is 10.3. The van der Waals surface area contributed by atoms with Crippen molar-refractivity contribution in [2.24, 2.45) is 5.92 Å². The Morgan fingerprint density at radius 3 is 2.52 bits per heavy atom. The minimum atomic E-state index is -0.277. The lowest BCUT2D eigenvalue weighted by Crippen LogP contribution is -2.30. The highest BCUT2D eigenvalue weighted by molar-refractivity contribution is 7.99. The first kappa shape index (κ1) is 27.0. The standard InChI is InChI=1S/C31H28N6O2S/c1-2-17-40-31-36-28-12-9-25(35-30(38)23-5-3-21(19-32)4-6-23)18-27(28)29(37-31)34-24-7-10-26(11-8-24)39-20-22-13-15-33-16-14-22/h1,3-12,18,22,33H,13-17,20H2,(H,35,38)(H,34,36,37). The number of hydrogen-bond donors (Lipinski definition) is 3. The Morgan fingerprint density at radius 1 is 1.05 bits per heavy atom. The molecule has 200 valence electrons. The summed E-state index contributed by atoms with van der Waals surface area (Å²) in [5.74, 6) is 4.79. The van der Waals surface area contributed by atoms with Crippen LogP contribution in [0.4, 0.5) is 17.2 Å². The molecule has 1 fully saturated rings. The third-order valence-corrected chi connectivity index (χ3v) is 7.31. The van der Waals surface area contributed by atoms with E-state index in [0.29, 0.717) is 39.5 Å². The second kappa shape index (κ2) is 13.0. The zero-order valence-corrected chi connectivity index (χ0v) is 22.6. The number of carbonyl (C=O) groups is 1. The summed E-state index contributed by atoms with van der Waals surface area (Å²) in [6.07, 6.45) is 7.72. The van der Waals surface area contributed by atoms with E-state index in [1.165, 1.54) is 11.8 Å². The quantitative estimate of drug-likeness (QED) is 0.141. The molecule has 1 aliphatic heterocycles. The first-order valence-electron chi connectivity index (χ1n) is 13.0. The average molecular weight is 549 g/mol. The van der Waals surface area contributed by atoms with Crippen LogP contribution in [0.3, 0.4) is 0 Å². The van der Waals surface area contributed by atoms with E-state index in [1.54, 1.807) is 30.3 Å². The Labute approximate surface area is 237 Å². The Balaban J connectivity index is 1.35. The first-order valence-corrected chi connectivity index (χ1v) is 14.0. The smallest absolute Gasteiger partial charge is 0.255 e. The third-order valence-electron chi connectivity index (χ3n) is 6.56. The maximum atomic E-state index is 12.8. The second-order valence-electron chi connectivity index (χ2n) is 9.38. The summed E-state index contributed by atoms with van der Waals surface area (Å²) in [5.41, 5.74) is 3.11. The largest absolute Gasteiger partial charge is 0.493 e. The van der Waals surface area contributed by atoms with E-state index < -0.39 is 0 Å². The van der Waals surface area contributed by atoms with Gasteiger partial charge in [-0.2, -0.15) is 5.26 Å². The molecule has 1 amide bonds. The van der Waals surface area contributed by atoms with E-state index in [1.807, 2.05) is 36.4 Å². The molecular formula is C31H28N6O2S. The fourth-order valence-electron chi connectivity index (χ4n) is 4.38. The van der Waals surface area contributed by atoms with Crippen molar-refractivity contribution in [3.05, 3.63) is 77.9 Å². The molecule has 9 heteroatoms. The van der Waals surface area contributed by atoms with Crippen molar-refractivity contribution in [2.45, 2.75) is 18.0 Å². The maximum Gasteiger partial charge on any atom is 0.255 e. The van der Waals surface area contributed by atoms with Crippen LogP contribution in [-0.2, 0) is 0 Å². The lowest BCUT2D eigenvalue weighted by molar-refractivity contribution is 0.102. The fraction of sp³-hybridized carbons (Fsp3) is 0.226. The topological polar surface area (TPSA) is 112 Å². The number of amides is 1. The molecule has 1 saturated heterocycles. The van der Waals surface area contributed by atoms with Crippen LogP contribution in [0.5, 0.6) is 5.75 Å². The highest BCUT2D eigenvalue weighted by atomic mass is 32.2. The summed E-state index contributed by atoms with van der Waals surface area (Å²) in [6, 6.07) is 21.8. The summed E-state index contributed by atoms with van der Waals surface area (Å²) in [6.45, 7) is 2.82. The molecule has 2 heterocycles. The van der Waals surface area contributed by atoms with E-state index >= 15 is 0 Å². The van der Waals surface area contributed by atoms with E-state index in [-0.39, 0.29) is 5.91 Å². The van der Waals surface area contributed by atoms with E-state index in [9.17, 15) is 4.79 Å². The summed E-state index contributed by atoms with van der Waals surface area (Å²) in [5, 5.41) is 20.0. The number of terminal acetylenes is 1. The van der Waals surface area contributed by atoms with Gasteiger partial charge in [-0.25, -0.2) is 9.97 Å². The number of anilines is 3. The van der Waals surface area contributed by atoms with Crippen molar-refractivity contribution >= 4 is 45.8 Å². The molecule has 5 rings (SSSR count). The monoisotopic (exact) mass is 548 g/mol. The van der Waals surface area contributed by atoms with Gasteiger partial charge in [0, 0.05) is 22.3 Å². The first-order chi connectivity index (χ1) is 19.6. The van der Waals surface area contributed by atoms with Gasteiger partial charge in [0.25, 0.3) is 5.91 Å². The summed E-state index contributed by atoms with van der Waals surface area (Å²) in [7, 11) is 0. The number of nitrogens with one attached hydrogen (secondary N) is 3. The molecule has 0 spiro atoms. The molecule has 40 heavy (non-hydrogen) atoms. The molecule has 0 unspecified atom stereocenters. The van der Waals surface area contributed by atoms with Crippen LogP contribution >= 0.6 is 11.8 Å². The number of thioether (sulfide) groups is 1. The minimum Gasteiger partial charge on any atom is -0.493 e. The fourth-order valence-corrected chi connectivity index (χ4v) is 4.92. The number of nitrogens with zero attached hydrogens (tertiary/aromatic N) is 3. The Kier molecular flexibility index (Phi) is 8.77. The number of benzene rings is 3. The van der Waals surface area contributed by atoms with Gasteiger partial charge in [0.1, 0.15) is 11.6 Å². The molecule has 0 atom stereocenters. The number of rotatable bonds is 9. The highest BCUT2D eigenvalue weighted by Gasteiger charge is 2.14. The number of aromatic nitrogens is 2. The average Bonchev–Trinajstić information content (AvgIpc) is 3.00. The van der Waals surface area contributed by atoms with Gasteiger partial charge in [0.05, 0.1) is 29.5 Å². The molecule has 4 aromatic rings. The van der Waals surface area contributed by atoms with E-state index in [2.05, 4.69) is 32.9 Å². The maximum absolute atomic E-state index is 12.8. The molecule has 0 saturated carbocycles. The van der Waals surface area contributed by atoms with Crippen molar-refractivity contribution in [1.29, 1.82) is 5.26 Å². The number of fused-ring (bicyclic) bond motifs is 1. The molecule has 1 aliphatic rings. The zero-order valence-electron chi connectivity index (χ0n) is 21.8. The zero-order chi connectivity index (χ0) is 27.7. The van der Waals surface area contributed by atoms with Gasteiger partial charge >= 0.3 is 0 Å². The van der Waals surface area contributed by atoms with Gasteiger partial charge in [-0.1, -0.05) is 17.7 Å². The van der Waals surface area contributed by atoms with Crippen molar-refractivity contribution in [3.63, 3.8) is 0 Å². The summed E-state index contributed by atoms with van der Waals surface area (Å²) in [4.78, 5) is 22.2. The lowest BCUT2D eigenvalue weighted by atomic mass is 9.99.